The van der Waals surface area contributed by atoms with E-state index in [9.17, 15) is 4.79 Å². The predicted octanol–water partition coefficient (Wildman–Crippen LogP) is 4.25. The lowest BCUT2D eigenvalue weighted by atomic mass is 9.81. The maximum absolute atomic E-state index is 12.9. The van der Waals surface area contributed by atoms with Gasteiger partial charge in [-0.25, -0.2) is 0 Å². The lowest BCUT2D eigenvalue weighted by Gasteiger charge is -2.33. The Labute approximate surface area is 165 Å². The monoisotopic (exact) mass is 384 g/mol. The second kappa shape index (κ2) is 8.19. The number of methoxy groups -OCH3 is 1. The second-order valence-electron chi connectivity index (χ2n) is 7.97. The van der Waals surface area contributed by atoms with Crippen LogP contribution in [0.3, 0.4) is 0 Å². The van der Waals surface area contributed by atoms with Crippen LogP contribution in [0.25, 0.3) is 11.1 Å². The van der Waals surface area contributed by atoms with Crippen LogP contribution < -0.4 is 4.74 Å². The first-order valence-corrected chi connectivity index (χ1v) is 9.47. The maximum Gasteiger partial charge on any atom is 0.395 e. The molecule has 0 N–H and O–H groups in total. The highest BCUT2D eigenvalue weighted by molar-refractivity contribution is 5.80. The molecule has 28 heavy (non-hydrogen) atoms. The van der Waals surface area contributed by atoms with Crippen LogP contribution in [-0.2, 0) is 9.53 Å². The zero-order chi connectivity index (χ0) is 20.3. The molecule has 0 unspecified atom stereocenters. The molecule has 0 radical (unpaired) electrons. The van der Waals surface area contributed by atoms with Gasteiger partial charge in [0.2, 0.25) is 0 Å². The van der Waals surface area contributed by atoms with Crippen molar-refractivity contribution in [1.29, 1.82) is 0 Å². The number of hydrogen-bond donors (Lipinski definition) is 0. The molecule has 0 bridgehead atoms. The molecule has 1 aromatic heterocycles. The molecule has 1 amide bonds. The summed E-state index contributed by atoms with van der Waals surface area (Å²) < 4.78 is 16.3. The van der Waals surface area contributed by atoms with Gasteiger partial charge in [-0.2, -0.15) is 4.98 Å². The summed E-state index contributed by atoms with van der Waals surface area (Å²) in [4.78, 5) is 19.0. The van der Waals surface area contributed by atoms with Gasteiger partial charge in [0.25, 0.3) is 5.91 Å². The lowest BCUT2D eigenvalue weighted by molar-refractivity contribution is -0.132. The number of ether oxygens (including phenoxy) is 2. The van der Waals surface area contributed by atoms with E-state index in [0.717, 1.165) is 28.8 Å². The van der Waals surface area contributed by atoms with Crippen LogP contribution in [0, 0.1) is 12.3 Å². The van der Waals surface area contributed by atoms with Gasteiger partial charge < -0.3 is 18.8 Å². The Morgan fingerprint density at radius 2 is 2.11 bits per heavy atom. The van der Waals surface area contributed by atoms with Crippen molar-refractivity contribution in [2.45, 2.75) is 34.1 Å². The molecule has 0 atom stereocenters. The summed E-state index contributed by atoms with van der Waals surface area (Å²) >= 11 is 0. The maximum atomic E-state index is 12.9. The number of benzene rings is 1. The first kappa shape index (κ1) is 20.1. The molecule has 1 aromatic carbocycles. The number of allylic oxidation sites excluding steroid dienone is 4. The molecule has 1 aliphatic rings. The number of aryl methyl sites for hydroxylation is 1. The molecule has 6 heteroatoms. The third-order valence-electron chi connectivity index (χ3n) is 4.66. The summed E-state index contributed by atoms with van der Waals surface area (Å²) in [6, 6.07) is 5.71. The van der Waals surface area contributed by atoms with Crippen LogP contribution in [-0.4, -0.2) is 42.7 Å². The third kappa shape index (κ3) is 4.81. The van der Waals surface area contributed by atoms with Gasteiger partial charge in [-0.05, 0) is 49.5 Å². The Morgan fingerprint density at radius 1 is 1.32 bits per heavy atom. The van der Waals surface area contributed by atoms with E-state index in [1.54, 1.807) is 12.0 Å². The summed E-state index contributed by atoms with van der Waals surface area (Å²) in [5.74, 6) is -0.146. The van der Waals surface area contributed by atoms with Crippen molar-refractivity contribution in [3.8, 4) is 6.08 Å². The summed E-state index contributed by atoms with van der Waals surface area (Å²) in [7, 11) is 1.63. The van der Waals surface area contributed by atoms with E-state index < -0.39 is 0 Å². The Balaban J connectivity index is 1.73. The molecule has 3 rings (SSSR count). The van der Waals surface area contributed by atoms with E-state index in [2.05, 4.69) is 37.9 Å². The summed E-state index contributed by atoms with van der Waals surface area (Å²) in [6.07, 6.45) is 5.17. The van der Waals surface area contributed by atoms with E-state index in [-0.39, 0.29) is 24.0 Å². The average molecular weight is 384 g/mol. The number of carbonyl (C=O) groups excluding carboxylic acids is 1. The van der Waals surface area contributed by atoms with Gasteiger partial charge in [0.05, 0.1) is 6.61 Å². The fourth-order valence-electron chi connectivity index (χ4n) is 3.55. The van der Waals surface area contributed by atoms with Gasteiger partial charge in [0.1, 0.15) is 5.52 Å². The normalized spacial score (nSPS) is 15.9. The van der Waals surface area contributed by atoms with E-state index >= 15 is 0 Å². The molecule has 0 saturated heterocycles. The molecule has 0 fully saturated rings. The van der Waals surface area contributed by atoms with E-state index in [1.165, 1.54) is 0 Å². The minimum Gasteiger partial charge on any atom is -0.440 e. The number of rotatable bonds is 7. The van der Waals surface area contributed by atoms with Crippen molar-refractivity contribution in [3.63, 3.8) is 0 Å². The van der Waals surface area contributed by atoms with Crippen LogP contribution in [0.5, 0.6) is 6.08 Å². The molecule has 6 nitrogen and oxygen atoms in total. The van der Waals surface area contributed by atoms with Gasteiger partial charge in [0.15, 0.2) is 12.2 Å². The zero-order valence-corrected chi connectivity index (χ0v) is 17.2. The van der Waals surface area contributed by atoms with E-state index in [1.807, 2.05) is 25.1 Å². The number of nitrogens with zero attached hydrogens (tertiary/aromatic N) is 2. The first-order valence-electron chi connectivity index (χ1n) is 9.47. The number of amides is 1. The van der Waals surface area contributed by atoms with Gasteiger partial charge in [-0.1, -0.05) is 31.6 Å². The standard InChI is InChI=1S/C22H28N2O4/c1-15-6-7-19-18(11-15)23-21(28-19)27-14-20(25)24(8-9-26-5)17-10-16(2)12-22(3,4)13-17/h6-7,10-12H,8-9,13-14H2,1-5H3. The Bertz CT molecular complexity index is 924. The molecule has 0 aliphatic heterocycles. The number of hydrogen-bond acceptors (Lipinski definition) is 5. The molecule has 0 saturated carbocycles. The van der Waals surface area contributed by atoms with Crippen molar-refractivity contribution in [3.05, 3.63) is 47.2 Å². The van der Waals surface area contributed by atoms with Crippen LogP contribution in [0.4, 0.5) is 0 Å². The topological polar surface area (TPSA) is 64.8 Å². The highest BCUT2D eigenvalue weighted by Gasteiger charge is 2.27. The summed E-state index contributed by atoms with van der Waals surface area (Å²) in [5.41, 5.74) is 4.57. The van der Waals surface area contributed by atoms with Crippen LogP contribution in [0.2, 0.25) is 0 Å². The predicted molar refractivity (Wildman–Crippen MR) is 108 cm³/mol. The number of aromatic nitrogens is 1. The van der Waals surface area contributed by atoms with Crippen molar-refractivity contribution < 1.29 is 18.7 Å². The first-order chi connectivity index (χ1) is 13.3. The molecule has 1 aliphatic carbocycles. The smallest absolute Gasteiger partial charge is 0.395 e. The van der Waals surface area contributed by atoms with Crippen molar-refractivity contribution in [2.24, 2.45) is 5.41 Å². The van der Waals surface area contributed by atoms with Crippen LogP contribution in [0.15, 0.2) is 46.0 Å². The van der Waals surface area contributed by atoms with Gasteiger partial charge >= 0.3 is 6.08 Å². The number of carbonyl (C=O) groups is 1. The fraction of sp³-hybridized carbons (Fsp3) is 0.455. The molecular formula is C22H28N2O4. The Kier molecular flexibility index (Phi) is 5.89. The molecular weight excluding hydrogens is 356 g/mol. The van der Waals surface area contributed by atoms with Crippen LogP contribution in [0.1, 0.15) is 32.8 Å². The van der Waals surface area contributed by atoms with Crippen LogP contribution >= 0.6 is 0 Å². The quantitative estimate of drug-likeness (QED) is 0.714. The van der Waals surface area contributed by atoms with Gasteiger partial charge in [0, 0.05) is 19.4 Å². The Hall–Kier alpha value is -2.60. The Morgan fingerprint density at radius 3 is 2.82 bits per heavy atom. The minimum absolute atomic E-state index is 0.00121. The number of fused-ring (bicyclic) bond motifs is 1. The number of oxazole rings is 1. The van der Waals surface area contributed by atoms with E-state index in [4.69, 9.17) is 13.9 Å². The van der Waals surface area contributed by atoms with Crippen molar-refractivity contribution in [1.82, 2.24) is 9.88 Å². The molecule has 2 aromatic rings. The third-order valence-corrected chi connectivity index (χ3v) is 4.66. The van der Waals surface area contributed by atoms with Crippen molar-refractivity contribution >= 4 is 17.0 Å². The molecule has 1 heterocycles. The second-order valence-corrected chi connectivity index (χ2v) is 7.97. The molecule has 150 valence electrons. The van der Waals surface area contributed by atoms with Gasteiger partial charge in [-0.3, -0.25) is 4.79 Å². The summed E-state index contributed by atoms with van der Waals surface area (Å²) in [6.45, 7) is 9.15. The lowest BCUT2D eigenvalue weighted by Crippen LogP contribution is -2.38. The van der Waals surface area contributed by atoms with E-state index in [0.29, 0.717) is 18.7 Å². The highest BCUT2D eigenvalue weighted by Crippen LogP contribution is 2.34. The average Bonchev–Trinajstić information content (AvgIpc) is 3.00. The fourth-order valence-corrected chi connectivity index (χ4v) is 3.55. The SMILES string of the molecule is COCCN(C(=O)COc1nc2cc(C)ccc2o1)C1=CC(C)=CC(C)(C)C1. The zero-order valence-electron chi connectivity index (χ0n) is 17.2. The molecule has 0 spiro atoms. The van der Waals surface area contributed by atoms with Crippen molar-refractivity contribution in [2.75, 3.05) is 26.9 Å². The summed E-state index contributed by atoms with van der Waals surface area (Å²) in [5, 5.41) is 0. The minimum atomic E-state index is -0.146. The largest absolute Gasteiger partial charge is 0.440 e. The highest BCUT2D eigenvalue weighted by atomic mass is 16.6. The van der Waals surface area contributed by atoms with Gasteiger partial charge in [-0.15, -0.1) is 0 Å².